The summed E-state index contributed by atoms with van der Waals surface area (Å²) in [5.41, 5.74) is 3.45. The second kappa shape index (κ2) is 4.60. The Labute approximate surface area is 85.8 Å². The zero-order valence-corrected chi connectivity index (χ0v) is 9.54. The highest BCUT2D eigenvalue weighted by molar-refractivity contribution is 5.24. The molecular weight excluding hydrogens is 176 g/mol. The van der Waals surface area contributed by atoms with Gasteiger partial charge in [0, 0.05) is 18.8 Å². The molecule has 0 aliphatic carbocycles. The van der Waals surface area contributed by atoms with Crippen molar-refractivity contribution in [1.82, 2.24) is 9.78 Å². The van der Waals surface area contributed by atoms with Gasteiger partial charge in [-0.1, -0.05) is 13.8 Å². The molecule has 0 radical (unpaired) electrons. The van der Waals surface area contributed by atoms with Gasteiger partial charge in [-0.15, -0.1) is 0 Å². The van der Waals surface area contributed by atoms with Crippen molar-refractivity contribution in [1.29, 1.82) is 0 Å². The van der Waals surface area contributed by atoms with E-state index in [0.29, 0.717) is 5.92 Å². The third-order valence-corrected chi connectivity index (χ3v) is 2.43. The van der Waals surface area contributed by atoms with Gasteiger partial charge in [0.2, 0.25) is 0 Å². The van der Waals surface area contributed by atoms with Gasteiger partial charge >= 0.3 is 0 Å². The van der Waals surface area contributed by atoms with Crippen LogP contribution in [-0.4, -0.2) is 21.5 Å². The normalized spacial score (nSPS) is 11.3. The van der Waals surface area contributed by atoms with Crippen LogP contribution in [0.4, 0.5) is 0 Å². The minimum atomic E-state index is 0.203. The van der Waals surface area contributed by atoms with Gasteiger partial charge in [-0.25, -0.2) is 0 Å². The SMILES string of the molecule is Cc1nn(CC(C)C)c(C)c1CCO. The van der Waals surface area contributed by atoms with Crippen LogP contribution in [0.3, 0.4) is 0 Å². The van der Waals surface area contributed by atoms with E-state index in [0.717, 1.165) is 18.7 Å². The fraction of sp³-hybridized carbons (Fsp3) is 0.727. The smallest absolute Gasteiger partial charge is 0.0629 e. The molecule has 0 aliphatic heterocycles. The molecule has 14 heavy (non-hydrogen) atoms. The van der Waals surface area contributed by atoms with Crippen LogP contribution in [0.15, 0.2) is 0 Å². The Bertz CT molecular complexity index is 302. The molecular formula is C11H20N2O. The summed E-state index contributed by atoms with van der Waals surface area (Å²) in [5, 5.41) is 13.4. The van der Waals surface area contributed by atoms with E-state index in [2.05, 4.69) is 25.9 Å². The van der Waals surface area contributed by atoms with Crippen LogP contribution in [0, 0.1) is 19.8 Å². The number of hydrogen-bond acceptors (Lipinski definition) is 2. The maximum absolute atomic E-state index is 8.92. The van der Waals surface area contributed by atoms with Crippen molar-refractivity contribution in [2.45, 2.75) is 40.7 Å². The highest BCUT2D eigenvalue weighted by atomic mass is 16.2. The second-order valence-corrected chi connectivity index (χ2v) is 4.20. The predicted octanol–water partition coefficient (Wildman–Crippen LogP) is 1.69. The monoisotopic (exact) mass is 196 g/mol. The van der Waals surface area contributed by atoms with Gasteiger partial charge in [-0.2, -0.15) is 5.10 Å². The molecule has 0 aliphatic rings. The van der Waals surface area contributed by atoms with Gasteiger partial charge in [0.1, 0.15) is 0 Å². The Hall–Kier alpha value is -0.830. The molecule has 1 rings (SSSR count). The van der Waals surface area contributed by atoms with E-state index in [1.165, 1.54) is 11.3 Å². The summed E-state index contributed by atoms with van der Waals surface area (Å²) >= 11 is 0. The average Bonchev–Trinajstić information content (AvgIpc) is 2.32. The molecule has 0 saturated heterocycles. The van der Waals surface area contributed by atoms with Gasteiger partial charge in [0.05, 0.1) is 5.69 Å². The Kier molecular flexibility index (Phi) is 3.69. The molecule has 3 nitrogen and oxygen atoms in total. The first-order chi connectivity index (χ1) is 6.56. The van der Waals surface area contributed by atoms with Gasteiger partial charge in [-0.05, 0) is 31.7 Å². The highest BCUT2D eigenvalue weighted by Gasteiger charge is 2.11. The van der Waals surface area contributed by atoms with E-state index in [-0.39, 0.29) is 6.61 Å². The van der Waals surface area contributed by atoms with Crippen molar-refractivity contribution in [3.63, 3.8) is 0 Å². The van der Waals surface area contributed by atoms with Crippen molar-refractivity contribution < 1.29 is 5.11 Å². The van der Waals surface area contributed by atoms with E-state index in [9.17, 15) is 0 Å². The van der Waals surface area contributed by atoms with E-state index in [1.54, 1.807) is 0 Å². The second-order valence-electron chi connectivity index (χ2n) is 4.20. The lowest BCUT2D eigenvalue weighted by Gasteiger charge is -2.07. The zero-order valence-electron chi connectivity index (χ0n) is 9.54. The van der Waals surface area contributed by atoms with Crippen molar-refractivity contribution in [2.75, 3.05) is 6.61 Å². The van der Waals surface area contributed by atoms with Gasteiger partial charge in [0.15, 0.2) is 0 Å². The first-order valence-electron chi connectivity index (χ1n) is 5.20. The molecule has 0 amide bonds. The van der Waals surface area contributed by atoms with Crippen LogP contribution < -0.4 is 0 Å². The number of hydrogen-bond donors (Lipinski definition) is 1. The van der Waals surface area contributed by atoms with Gasteiger partial charge in [0.25, 0.3) is 0 Å². The van der Waals surface area contributed by atoms with Crippen molar-refractivity contribution in [2.24, 2.45) is 5.92 Å². The Morgan fingerprint density at radius 3 is 2.50 bits per heavy atom. The largest absolute Gasteiger partial charge is 0.396 e. The van der Waals surface area contributed by atoms with E-state index < -0.39 is 0 Å². The van der Waals surface area contributed by atoms with Gasteiger partial charge < -0.3 is 5.11 Å². The Morgan fingerprint density at radius 1 is 1.36 bits per heavy atom. The third kappa shape index (κ3) is 2.35. The molecule has 1 N–H and O–H groups in total. The van der Waals surface area contributed by atoms with E-state index in [1.807, 2.05) is 11.6 Å². The van der Waals surface area contributed by atoms with Crippen molar-refractivity contribution in [3.8, 4) is 0 Å². The number of aryl methyl sites for hydroxylation is 1. The molecule has 1 aromatic rings. The molecule has 0 bridgehead atoms. The number of aliphatic hydroxyl groups is 1. The molecule has 0 unspecified atom stereocenters. The van der Waals surface area contributed by atoms with Crippen molar-refractivity contribution in [3.05, 3.63) is 17.0 Å². The Balaban J connectivity index is 2.92. The summed E-state index contributed by atoms with van der Waals surface area (Å²) in [6.07, 6.45) is 0.718. The maximum atomic E-state index is 8.92. The molecule has 0 spiro atoms. The highest BCUT2D eigenvalue weighted by Crippen LogP contribution is 2.14. The third-order valence-electron chi connectivity index (χ3n) is 2.43. The molecule has 1 aromatic heterocycles. The first-order valence-corrected chi connectivity index (χ1v) is 5.20. The minimum absolute atomic E-state index is 0.203. The predicted molar refractivity (Wildman–Crippen MR) is 57.3 cm³/mol. The lowest BCUT2D eigenvalue weighted by molar-refractivity contribution is 0.299. The standard InChI is InChI=1S/C11H20N2O/c1-8(2)7-13-10(4)11(5-6-14)9(3)12-13/h8,14H,5-7H2,1-4H3. The van der Waals surface area contributed by atoms with Crippen LogP contribution in [0.1, 0.15) is 30.8 Å². The molecule has 1 heterocycles. The van der Waals surface area contributed by atoms with Crippen LogP contribution in [0.5, 0.6) is 0 Å². The number of rotatable bonds is 4. The maximum Gasteiger partial charge on any atom is 0.0629 e. The topological polar surface area (TPSA) is 38.0 Å². The molecule has 0 saturated carbocycles. The molecule has 0 atom stereocenters. The zero-order chi connectivity index (χ0) is 10.7. The molecule has 0 aromatic carbocycles. The lowest BCUT2D eigenvalue weighted by Crippen LogP contribution is -2.08. The molecule has 0 fully saturated rings. The molecule has 3 heteroatoms. The summed E-state index contributed by atoms with van der Waals surface area (Å²) in [5.74, 6) is 0.606. The minimum Gasteiger partial charge on any atom is -0.396 e. The lowest BCUT2D eigenvalue weighted by atomic mass is 10.1. The van der Waals surface area contributed by atoms with Crippen molar-refractivity contribution >= 4 is 0 Å². The Morgan fingerprint density at radius 2 is 2.00 bits per heavy atom. The fourth-order valence-corrected chi connectivity index (χ4v) is 1.73. The van der Waals surface area contributed by atoms with E-state index >= 15 is 0 Å². The average molecular weight is 196 g/mol. The number of aliphatic hydroxyl groups excluding tert-OH is 1. The van der Waals surface area contributed by atoms with Crippen LogP contribution in [0.25, 0.3) is 0 Å². The summed E-state index contributed by atoms with van der Waals surface area (Å²) in [6.45, 7) is 9.61. The quantitative estimate of drug-likeness (QED) is 0.795. The summed E-state index contributed by atoms with van der Waals surface area (Å²) in [4.78, 5) is 0. The summed E-state index contributed by atoms with van der Waals surface area (Å²) < 4.78 is 2.05. The number of nitrogens with zero attached hydrogens (tertiary/aromatic N) is 2. The molecule has 80 valence electrons. The number of aromatic nitrogens is 2. The van der Waals surface area contributed by atoms with E-state index in [4.69, 9.17) is 5.11 Å². The summed E-state index contributed by atoms with van der Waals surface area (Å²) in [6, 6.07) is 0. The fourth-order valence-electron chi connectivity index (χ4n) is 1.73. The van der Waals surface area contributed by atoms with Crippen LogP contribution in [-0.2, 0) is 13.0 Å². The van der Waals surface area contributed by atoms with Crippen LogP contribution in [0.2, 0.25) is 0 Å². The van der Waals surface area contributed by atoms with Crippen LogP contribution >= 0.6 is 0 Å². The van der Waals surface area contributed by atoms with Gasteiger partial charge in [-0.3, -0.25) is 4.68 Å². The first kappa shape index (κ1) is 11.2. The summed E-state index contributed by atoms with van der Waals surface area (Å²) in [7, 11) is 0.